The minimum Gasteiger partial charge on any atom is -0.496 e. The first kappa shape index (κ1) is 18.2. The number of ether oxygens (including phenoxy) is 2. The number of nitro groups is 1. The standard InChI is InChI=1S/C16H12F3NO5/c1-24-14-7-6-11(20(22)23)8-12(14)15(21)25-9-10-4-2-3-5-13(10)16(17,18)19/h2-8H,9H2,1H3. The summed E-state index contributed by atoms with van der Waals surface area (Å²) < 4.78 is 48.6. The van der Waals surface area contributed by atoms with Gasteiger partial charge in [-0.05, 0) is 12.1 Å². The molecule has 0 aromatic heterocycles. The number of alkyl halides is 3. The highest BCUT2D eigenvalue weighted by Gasteiger charge is 2.33. The molecule has 0 amide bonds. The van der Waals surface area contributed by atoms with Crippen molar-refractivity contribution in [2.45, 2.75) is 12.8 Å². The highest BCUT2D eigenvalue weighted by atomic mass is 19.4. The SMILES string of the molecule is COc1ccc([N+](=O)[O-])cc1C(=O)OCc1ccccc1C(F)(F)F. The molecule has 0 saturated carbocycles. The van der Waals surface area contributed by atoms with E-state index in [0.29, 0.717) is 0 Å². The van der Waals surface area contributed by atoms with Crippen molar-refractivity contribution >= 4 is 11.7 Å². The van der Waals surface area contributed by atoms with E-state index in [1.54, 1.807) is 0 Å². The second kappa shape index (κ2) is 7.20. The molecule has 0 spiro atoms. The van der Waals surface area contributed by atoms with Gasteiger partial charge >= 0.3 is 12.1 Å². The maximum atomic E-state index is 12.9. The number of halogens is 3. The summed E-state index contributed by atoms with van der Waals surface area (Å²) in [4.78, 5) is 22.2. The first-order valence-corrected chi connectivity index (χ1v) is 6.88. The van der Waals surface area contributed by atoms with Crippen molar-refractivity contribution in [3.63, 3.8) is 0 Å². The smallest absolute Gasteiger partial charge is 0.416 e. The molecule has 0 fully saturated rings. The average molecular weight is 355 g/mol. The fraction of sp³-hybridized carbons (Fsp3) is 0.188. The van der Waals surface area contributed by atoms with E-state index in [4.69, 9.17) is 9.47 Å². The van der Waals surface area contributed by atoms with Crippen LogP contribution >= 0.6 is 0 Å². The zero-order valence-corrected chi connectivity index (χ0v) is 12.9. The Labute approximate surface area is 139 Å². The topological polar surface area (TPSA) is 78.7 Å². The van der Waals surface area contributed by atoms with E-state index < -0.39 is 29.2 Å². The number of rotatable bonds is 5. The van der Waals surface area contributed by atoms with E-state index in [-0.39, 0.29) is 22.6 Å². The molecule has 2 rings (SSSR count). The molecule has 0 N–H and O–H groups in total. The highest BCUT2D eigenvalue weighted by molar-refractivity contribution is 5.93. The molecule has 2 aromatic rings. The van der Waals surface area contributed by atoms with E-state index in [2.05, 4.69) is 0 Å². The van der Waals surface area contributed by atoms with Crippen molar-refractivity contribution in [2.24, 2.45) is 0 Å². The molecule has 0 atom stereocenters. The Morgan fingerprint density at radius 2 is 1.88 bits per heavy atom. The summed E-state index contributed by atoms with van der Waals surface area (Å²) in [5.41, 5.74) is -1.77. The van der Waals surface area contributed by atoms with Crippen LogP contribution in [-0.2, 0) is 17.5 Å². The number of nitro benzene ring substituents is 1. The average Bonchev–Trinajstić information content (AvgIpc) is 2.58. The van der Waals surface area contributed by atoms with E-state index in [1.807, 2.05) is 0 Å². The van der Waals surface area contributed by atoms with Gasteiger partial charge in [-0.25, -0.2) is 4.79 Å². The first-order chi connectivity index (χ1) is 11.7. The van der Waals surface area contributed by atoms with Crippen LogP contribution in [0.25, 0.3) is 0 Å². The van der Waals surface area contributed by atoms with Gasteiger partial charge in [-0.1, -0.05) is 18.2 Å². The Bertz CT molecular complexity index is 805. The van der Waals surface area contributed by atoms with Crippen LogP contribution in [0.1, 0.15) is 21.5 Å². The largest absolute Gasteiger partial charge is 0.496 e. The summed E-state index contributed by atoms with van der Waals surface area (Å²) in [5, 5.41) is 10.8. The number of methoxy groups -OCH3 is 1. The van der Waals surface area contributed by atoms with Crippen molar-refractivity contribution in [3.8, 4) is 5.75 Å². The number of benzene rings is 2. The van der Waals surface area contributed by atoms with E-state index in [1.165, 1.54) is 31.4 Å². The minimum atomic E-state index is -4.59. The second-order valence-corrected chi connectivity index (χ2v) is 4.87. The van der Waals surface area contributed by atoms with Gasteiger partial charge in [0.2, 0.25) is 0 Å². The van der Waals surface area contributed by atoms with Crippen molar-refractivity contribution in [2.75, 3.05) is 7.11 Å². The summed E-state index contributed by atoms with van der Waals surface area (Å²) in [5.74, 6) is -1.02. The van der Waals surface area contributed by atoms with E-state index in [9.17, 15) is 28.1 Å². The third kappa shape index (κ3) is 4.25. The van der Waals surface area contributed by atoms with Crippen molar-refractivity contribution < 1.29 is 32.4 Å². The third-order valence-corrected chi connectivity index (χ3v) is 3.30. The molecule has 2 aromatic carbocycles. The second-order valence-electron chi connectivity index (χ2n) is 4.87. The van der Waals surface area contributed by atoms with Crippen LogP contribution < -0.4 is 4.74 Å². The zero-order chi connectivity index (χ0) is 18.6. The van der Waals surface area contributed by atoms with Crippen LogP contribution in [0.15, 0.2) is 42.5 Å². The van der Waals surface area contributed by atoms with Crippen molar-refractivity contribution in [3.05, 3.63) is 69.3 Å². The summed E-state index contributed by atoms with van der Waals surface area (Å²) in [6.45, 7) is -0.639. The summed E-state index contributed by atoms with van der Waals surface area (Å²) >= 11 is 0. The number of nitrogens with zero attached hydrogens (tertiary/aromatic N) is 1. The number of non-ortho nitro benzene ring substituents is 1. The Morgan fingerprint density at radius 1 is 1.20 bits per heavy atom. The fourth-order valence-corrected chi connectivity index (χ4v) is 2.11. The van der Waals surface area contributed by atoms with Crippen LogP contribution in [0.4, 0.5) is 18.9 Å². The normalized spacial score (nSPS) is 11.0. The number of hydrogen-bond acceptors (Lipinski definition) is 5. The van der Waals surface area contributed by atoms with E-state index in [0.717, 1.165) is 18.2 Å². The lowest BCUT2D eigenvalue weighted by Gasteiger charge is -2.13. The minimum absolute atomic E-state index is 0.0136. The number of hydrogen-bond donors (Lipinski definition) is 0. The summed E-state index contributed by atoms with van der Waals surface area (Å²) in [6.07, 6.45) is -4.59. The van der Waals surface area contributed by atoms with Gasteiger partial charge in [-0.3, -0.25) is 10.1 Å². The van der Waals surface area contributed by atoms with Crippen LogP contribution in [0, 0.1) is 10.1 Å². The van der Waals surface area contributed by atoms with Crippen LogP contribution in [0.5, 0.6) is 5.75 Å². The van der Waals surface area contributed by atoms with E-state index >= 15 is 0 Å². The summed E-state index contributed by atoms with van der Waals surface area (Å²) in [6, 6.07) is 7.94. The van der Waals surface area contributed by atoms with Crippen molar-refractivity contribution in [1.29, 1.82) is 0 Å². The zero-order valence-electron chi connectivity index (χ0n) is 12.9. The summed E-state index contributed by atoms with van der Waals surface area (Å²) in [7, 11) is 1.25. The molecular formula is C16H12F3NO5. The Kier molecular flexibility index (Phi) is 5.26. The maximum absolute atomic E-state index is 12.9. The molecule has 0 aliphatic carbocycles. The third-order valence-electron chi connectivity index (χ3n) is 3.30. The van der Waals surface area contributed by atoms with Crippen molar-refractivity contribution in [1.82, 2.24) is 0 Å². The lowest BCUT2D eigenvalue weighted by Crippen LogP contribution is -2.12. The van der Waals surface area contributed by atoms with Gasteiger partial charge in [0.1, 0.15) is 17.9 Å². The number of carbonyl (C=O) groups excluding carboxylic acids is 1. The van der Waals surface area contributed by atoms with Gasteiger partial charge in [0.05, 0.1) is 17.6 Å². The lowest BCUT2D eigenvalue weighted by atomic mass is 10.1. The molecule has 0 unspecified atom stereocenters. The van der Waals surface area contributed by atoms with Gasteiger partial charge in [-0.2, -0.15) is 13.2 Å². The first-order valence-electron chi connectivity index (χ1n) is 6.88. The lowest BCUT2D eigenvalue weighted by molar-refractivity contribution is -0.384. The monoisotopic (exact) mass is 355 g/mol. The van der Waals surface area contributed by atoms with Crippen LogP contribution in [0.2, 0.25) is 0 Å². The Hall–Kier alpha value is -3.10. The predicted octanol–water partition coefficient (Wildman–Crippen LogP) is 3.98. The molecule has 0 bridgehead atoms. The molecule has 9 heteroatoms. The van der Waals surface area contributed by atoms with Gasteiger partial charge in [-0.15, -0.1) is 0 Å². The predicted molar refractivity (Wildman–Crippen MR) is 80.2 cm³/mol. The molecule has 0 aliphatic rings. The van der Waals surface area contributed by atoms with Crippen LogP contribution in [0.3, 0.4) is 0 Å². The van der Waals surface area contributed by atoms with Crippen LogP contribution in [-0.4, -0.2) is 18.0 Å². The Morgan fingerprint density at radius 3 is 2.48 bits per heavy atom. The molecular weight excluding hydrogens is 343 g/mol. The quantitative estimate of drug-likeness (QED) is 0.460. The molecule has 132 valence electrons. The molecule has 6 nitrogen and oxygen atoms in total. The van der Waals surface area contributed by atoms with Gasteiger partial charge < -0.3 is 9.47 Å². The number of esters is 1. The molecule has 0 radical (unpaired) electrons. The molecule has 0 heterocycles. The maximum Gasteiger partial charge on any atom is 0.416 e. The molecule has 25 heavy (non-hydrogen) atoms. The van der Waals surface area contributed by atoms with Gasteiger partial charge in [0, 0.05) is 17.7 Å². The van der Waals surface area contributed by atoms with Gasteiger partial charge in [0.15, 0.2) is 0 Å². The Balaban J connectivity index is 2.24. The fourth-order valence-electron chi connectivity index (χ4n) is 2.11. The highest BCUT2D eigenvalue weighted by Crippen LogP contribution is 2.32. The number of carbonyl (C=O) groups is 1. The molecule has 0 aliphatic heterocycles. The van der Waals surface area contributed by atoms with Gasteiger partial charge in [0.25, 0.3) is 5.69 Å². The molecule has 0 saturated heterocycles.